The van der Waals surface area contributed by atoms with Crippen molar-refractivity contribution in [1.29, 1.82) is 0 Å². The Morgan fingerprint density at radius 1 is 1.07 bits per heavy atom. The molecule has 5 aliphatic carbocycles. The van der Waals surface area contributed by atoms with Gasteiger partial charge in [-0.15, -0.1) is 0 Å². The molecular formula is C34H46N2O6. The number of nitrogens with zero attached hydrogens (tertiary/aromatic N) is 1. The third kappa shape index (κ3) is 4.82. The molecule has 42 heavy (non-hydrogen) atoms. The van der Waals surface area contributed by atoms with E-state index in [1.807, 2.05) is 19.1 Å². The maximum Gasteiger partial charge on any atom is 0.320 e. The van der Waals surface area contributed by atoms with Crippen molar-refractivity contribution in [3.8, 4) is 0 Å². The molecule has 1 N–H and O–H groups in total. The van der Waals surface area contributed by atoms with Crippen LogP contribution in [0.5, 0.6) is 0 Å². The molecule has 1 aromatic heterocycles. The number of carbonyl (C=O) groups excluding carboxylic acids is 3. The fourth-order valence-corrected chi connectivity index (χ4v) is 10.4. The molecule has 0 unspecified atom stereocenters. The van der Waals surface area contributed by atoms with E-state index in [1.165, 1.54) is 58.5 Å². The number of carbonyl (C=O) groups is 3. The Labute approximate surface area is 248 Å². The average Bonchev–Trinajstić information content (AvgIpc) is 3.68. The highest BCUT2D eigenvalue weighted by Gasteiger charge is 2.60. The molecule has 228 valence electrons. The van der Waals surface area contributed by atoms with Crippen molar-refractivity contribution in [2.45, 2.75) is 103 Å². The Kier molecular flexibility index (Phi) is 7.27. The zero-order valence-corrected chi connectivity index (χ0v) is 25.1. The molecule has 4 atom stereocenters. The predicted molar refractivity (Wildman–Crippen MR) is 154 cm³/mol. The van der Waals surface area contributed by atoms with Crippen LogP contribution in [0.15, 0.2) is 34.6 Å². The van der Waals surface area contributed by atoms with Gasteiger partial charge in [-0.1, -0.05) is 12.8 Å². The molecule has 2 aliphatic heterocycles. The maximum absolute atomic E-state index is 14.2. The SMILES string of the molecule is COC(=O)[C@]12C[C@H](CC(=O)NCC34CC5CC(CC(C5)C3)C4)C(=O)N(Cc3ccco3)C1=C[C@H](C1CCCC1)O[C@@H]2C. The van der Waals surface area contributed by atoms with E-state index in [2.05, 4.69) is 5.32 Å². The molecule has 1 aromatic rings. The lowest BCUT2D eigenvalue weighted by atomic mass is 9.49. The number of nitrogens with one attached hydrogen (secondary N) is 1. The van der Waals surface area contributed by atoms with E-state index in [0.29, 0.717) is 23.9 Å². The van der Waals surface area contributed by atoms with Gasteiger partial charge >= 0.3 is 5.97 Å². The number of hydrogen-bond donors (Lipinski definition) is 1. The van der Waals surface area contributed by atoms with Gasteiger partial charge in [0.25, 0.3) is 0 Å². The Balaban J connectivity index is 1.15. The molecule has 4 bridgehead atoms. The summed E-state index contributed by atoms with van der Waals surface area (Å²) in [4.78, 5) is 43.2. The number of hydrogen-bond acceptors (Lipinski definition) is 6. The van der Waals surface area contributed by atoms with Gasteiger partial charge in [0.1, 0.15) is 11.2 Å². The normalized spacial score (nSPS) is 39.2. The lowest BCUT2D eigenvalue weighted by molar-refractivity contribution is -0.178. The molecule has 5 saturated carbocycles. The van der Waals surface area contributed by atoms with Gasteiger partial charge in [-0.25, -0.2) is 0 Å². The zero-order valence-electron chi connectivity index (χ0n) is 25.1. The molecule has 7 aliphatic rings. The van der Waals surface area contributed by atoms with Gasteiger partial charge in [0, 0.05) is 24.6 Å². The zero-order chi connectivity index (χ0) is 29.1. The van der Waals surface area contributed by atoms with Crippen LogP contribution >= 0.6 is 0 Å². The fourth-order valence-electron chi connectivity index (χ4n) is 10.4. The largest absolute Gasteiger partial charge is 0.468 e. The van der Waals surface area contributed by atoms with Crippen molar-refractivity contribution < 1.29 is 28.3 Å². The number of ether oxygens (including phenoxy) is 2. The summed E-state index contributed by atoms with van der Waals surface area (Å²) in [7, 11) is 1.39. The topological polar surface area (TPSA) is 98.1 Å². The number of likely N-dealkylation sites (tertiary alicyclic amines) is 1. The Bertz CT molecular complexity index is 1200. The summed E-state index contributed by atoms with van der Waals surface area (Å²) < 4.78 is 17.7. The first kappa shape index (κ1) is 28.2. The highest BCUT2D eigenvalue weighted by Crippen LogP contribution is 2.60. The van der Waals surface area contributed by atoms with Gasteiger partial charge in [-0.3, -0.25) is 14.4 Å². The second-order valence-corrected chi connectivity index (χ2v) is 14.6. The van der Waals surface area contributed by atoms with Crippen LogP contribution in [0.4, 0.5) is 0 Å². The van der Waals surface area contributed by atoms with Crippen molar-refractivity contribution in [2.75, 3.05) is 13.7 Å². The minimum absolute atomic E-state index is 0.0463. The first-order valence-corrected chi connectivity index (χ1v) is 16.4. The van der Waals surface area contributed by atoms with Crippen LogP contribution in [-0.2, 0) is 30.4 Å². The van der Waals surface area contributed by atoms with Crippen LogP contribution in [0, 0.1) is 40.4 Å². The van der Waals surface area contributed by atoms with Crippen LogP contribution in [0.25, 0.3) is 0 Å². The van der Waals surface area contributed by atoms with Crippen LogP contribution < -0.4 is 5.32 Å². The number of esters is 1. The number of fused-ring (bicyclic) bond motifs is 1. The smallest absolute Gasteiger partial charge is 0.320 e. The first-order valence-electron chi connectivity index (χ1n) is 16.4. The summed E-state index contributed by atoms with van der Waals surface area (Å²) in [5.74, 6) is 2.11. The molecule has 2 amide bonds. The average molecular weight is 579 g/mol. The third-order valence-electron chi connectivity index (χ3n) is 11.9. The molecule has 6 fully saturated rings. The van der Waals surface area contributed by atoms with Gasteiger partial charge < -0.3 is 24.1 Å². The summed E-state index contributed by atoms with van der Waals surface area (Å²) in [6.45, 7) is 2.82. The number of amides is 2. The summed E-state index contributed by atoms with van der Waals surface area (Å²) in [5.41, 5.74) is -0.303. The van der Waals surface area contributed by atoms with Crippen LogP contribution in [0.2, 0.25) is 0 Å². The Morgan fingerprint density at radius 3 is 2.38 bits per heavy atom. The van der Waals surface area contributed by atoms with Crippen LogP contribution in [-0.4, -0.2) is 48.5 Å². The van der Waals surface area contributed by atoms with E-state index in [1.54, 1.807) is 17.2 Å². The molecule has 0 aromatic carbocycles. The van der Waals surface area contributed by atoms with Crippen molar-refractivity contribution >= 4 is 17.8 Å². The number of rotatable bonds is 8. The summed E-state index contributed by atoms with van der Waals surface area (Å²) in [5, 5.41) is 3.26. The first-order chi connectivity index (χ1) is 20.3. The molecule has 8 heteroatoms. The second kappa shape index (κ2) is 10.8. The van der Waals surface area contributed by atoms with E-state index in [9.17, 15) is 14.4 Å². The lowest BCUT2D eigenvalue weighted by Gasteiger charge is -2.57. The van der Waals surface area contributed by atoms with E-state index in [0.717, 1.165) is 30.6 Å². The summed E-state index contributed by atoms with van der Waals surface area (Å²) >= 11 is 0. The summed E-state index contributed by atoms with van der Waals surface area (Å²) in [6.07, 6.45) is 15.4. The minimum atomic E-state index is -1.17. The van der Waals surface area contributed by atoms with Crippen molar-refractivity contribution in [3.63, 3.8) is 0 Å². The molecule has 3 heterocycles. The van der Waals surface area contributed by atoms with E-state index in [4.69, 9.17) is 13.9 Å². The monoisotopic (exact) mass is 578 g/mol. The molecule has 8 nitrogen and oxygen atoms in total. The van der Waals surface area contributed by atoms with E-state index in [-0.39, 0.29) is 42.7 Å². The molecular weight excluding hydrogens is 532 g/mol. The predicted octanol–water partition coefficient (Wildman–Crippen LogP) is 5.37. The Hall–Kier alpha value is -2.61. The molecule has 0 spiro atoms. The molecule has 1 saturated heterocycles. The number of piperidine rings is 1. The summed E-state index contributed by atoms with van der Waals surface area (Å²) in [6, 6.07) is 3.64. The maximum atomic E-state index is 14.2. The van der Waals surface area contributed by atoms with E-state index >= 15 is 0 Å². The number of methoxy groups -OCH3 is 1. The number of furan rings is 1. The lowest BCUT2D eigenvalue weighted by Crippen LogP contribution is -2.60. The van der Waals surface area contributed by atoms with Crippen LogP contribution in [0.1, 0.15) is 89.7 Å². The van der Waals surface area contributed by atoms with Gasteiger partial charge in [0.2, 0.25) is 11.8 Å². The quantitative estimate of drug-likeness (QED) is 0.417. The van der Waals surface area contributed by atoms with Gasteiger partial charge in [0.15, 0.2) is 0 Å². The standard InChI is InChI=1S/C34H46N2O6/c1-21-34(32(39)40-2)18-26(13-30(37)35-20-33-15-22-10-23(16-33)12-24(11-22)17-33)31(38)36(19-27-8-5-9-41-27)29(34)14-28(42-21)25-6-3-4-7-25/h5,8-9,14,21-26,28H,3-4,6-7,10-13,15-20H2,1-2H3,(H,35,37)/t21-,22?,23?,24?,26+,28-,33?,34+/m1/s1. The molecule has 0 radical (unpaired) electrons. The highest BCUT2D eigenvalue weighted by molar-refractivity contribution is 5.92. The third-order valence-corrected chi connectivity index (χ3v) is 11.9. The van der Waals surface area contributed by atoms with Crippen molar-refractivity contribution in [2.24, 2.45) is 40.4 Å². The van der Waals surface area contributed by atoms with Gasteiger partial charge in [-0.05, 0) is 112 Å². The van der Waals surface area contributed by atoms with Gasteiger partial charge in [0.05, 0.1) is 32.1 Å². The highest BCUT2D eigenvalue weighted by atomic mass is 16.5. The van der Waals surface area contributed by atoms with E-state index < -0.39 is 23.4 Å². The van der Waals surface area contributed by atoms with Crippen molar-refractivity contribution in [3.05, 3.63) is 35.9 Å². The van der Waals surface area contributed by atoms with Crippen molar-refractivity contribution in [1.82, 2.24) is 10.2 Å². The minimum Gasteiger partial charge on any atom is -0.468 e. The van der Waals surface area contributed by atoms with Crippen LogP contribution in [0.3, 0.4) is 0 Å². The second-order valence-electron chi connectivity index (χ2n) is 14.6. The fraction of sp³-hybridized carbons (Fsp3) is 0.735. The van der Waals surface area contributed by atoms with Gasteiger partial charge in [-0.2, -0.15) is 0 Å². The Morgan fingerprint density at radius 2 is 1.76 bits per heavy atom. The molecule has 8 rings (SSSR count).